The van der Waals surface area contributed by atoms with Gasteiger partial charge in [-0.2, -0.15) is 0 Å². The van der Waals surface area contributed by atoms with Gasteiger partial charge in [-0.25, -0.2) is 0 Å². The maximum atomic E-state index is 2.26. The van der Waals surface area contributed by atoms with Crippen molar-refractivity contribution in [3.63, 3.8) is 0 Å². The van der Waals surface area contributed by atoms with Gasteiger partial charge < -0.3 is 0 Å². The molecule has 0 aliphatic carbocycles. The predicted molar refractivity (Wildman–Crippen MR) is 162 cm³/mol. The molecule has 0 radical (unpaired) electrons. The Hall–Kier alpha value is 0. The van der Waals surface area contributed by atoms with Gasteiger partial charge in [0.2, 0.25) is 0 Å². The highest BCUT2D eigenvalue weighted by Crippen LogP contribution is 2.10. The number of rotatable bonds is 9. The Labute approximate surface area is 216 Å². The summed E-state index contributed by atoms with van der Waals surface area (Å²) in [4.78, 5) is 0. The largest absolute Gasteiger partial charge is 0.0651 e. The Balaban J connectivity index is -0.0000000995. The Morgan fingerprint density at radius 2 is 0.333 bits per heavy atom. The molecule has 0 heteroatoms. The van der Waals surface area contributed by atoms with E-state index in [1.165, 1.54) is 32.1 Å². The summed E-state index contributed by atoms with van der Waals surface area (Å²) in [5.74, 6) is 7.88. The molecule has 0 rings (SSSR count). The van der Waals surface area contributed by atoms with Crippen LogP contribution in [0.3, 0.4) is 0 Å². The molecule has 0 fully saturated rings. The van der Waals surface area contributed by atoms with Crippen molar-refractivity contribution in [2.75, 3.05) is 0 Å². The molecule has 0 aliphatic rings. The molecule has 0 saturated heterocycles. The minimum Gasteiger partial charge on any atom is -0.0651 e. The lowest BCUT2D eigenvalue weighted by atomic mass is 10.0. The first-order valence-corrected chi connectivity index (χ1v) is 14.8. The molecule has 0 N–H and O–H groups in total. The molecule has 0 unspecified atom stereocenters. The van der Waals surface area contributed by atoms with Crippen LogP contribution < -0.4 is 0 Å². The van der Waals surface area contributed by atoms with Gasteiger partial charge >= 0.3 is 0 Å². The van der Waals surface area contributed by atoms with E-state index >= 15 is 0 Å². The molecule has 0 saturated carbocycles. The highest BCUT2D eigenvalue weighted by Gasteiger charge is 1.97. The monoisotopic (exact) mass is 473 g/mol. The second-order valence-electron chi connectivity index (χ2n) is 13.9. The van der Waals surface area contributed by atoms with Gasteiger partial charge in [-0.05, 0) is 78.9 Å². The molecule has 33 heavy (non-hydrogen) atoms. The zero-order chi connectivity index (χ0) is 27.7. The van der Waals surface area contributed by atoms with Crippen LogP contribution in [0.15, 0.2) is 0 Å². The van der Waals surface area contributed by atoms with Gasteiger partial charge in [0.1, 0.15) is 0 Å². The van der Waals surface area contributed by atoms with Crippen molar-refractivity contribution >= 4 is 0 Å². The molecule has 0 aliphatic heterocycles. The Morgan fingerprint density at radius 1 is 0.242 bits per heavy atom. The van der Waals surface area contributed by atoms with E-state index in [-0.39, 0.29) is 0 Å². The molecule has 0 spiro atoms. The minimum atomic E-state index is 0.875. The van der Waals surface area contributed by atoms with Gasteiger partial charge in [0.25, 0.3) is 0 Å². The van der Waals surface area contributed by atoms with Crippen LogP contribution in [-0.4, -0.2) is 0 Å². The zero-order valence-electron chi connectivity index (χ0n) is 27.7. The SMILES string of the molecule is CC(C)CC(C)C.CC(C)CC(C)C.CC(C)CC(C)C.CC(C)CC(C)C.CCC(C)C. The maximum Gasteiger partial charge on any atom is -0.0469 e. The highest BCUT2D eigenvalue weighted by molar-refractivity contribution is 4.49. The fourth-order valence-corrected chi connectivity index (χ4v) is 3.77. The predicted octanol–water partition coefficient (Wildman–Crippen LogP) is 12.8. The van der Waals surface area contributed by atoms with Gasteiger partial charge in [-0.3, -0.25) is 0 Å². The highest BCUT2D eigenvalue weighted by atomic mass is 14.0. The zero-order valence-corrected chi connectivity index (χ0v) is 27.7. The summed E-state index contributed by atoms with van der Waals surface area (Å²) in [6.45, 7) is 42.9. The first-order valence-electron chi connectivity index (χ1n) is 14.8. The molecule has 0 bridgehead atoms. The molecule has 0 aromatic rings. The smallest absolute Gasteiger partial charge is 0.0469 e. The van der Waals surface area contributed by atoms with E-state index in [1.54, 1.807) is 0 Å². The van der Waals surface area contributed by atoms with Crippen LogP contribution in [0.5, 0.6) is 0 Å². The van der Waals surface area contributed by atoms with Gasteiger partial charge in [0.05, 0.1) is 0 Å². The van der Waals surface area contributed by atoms with E-state index in [1.807, 2.05) is 0 Å². The number of hydrogen-bond acceptors (Lipinski definition) is 0. The Kier molecular flexibility index (Phi) is 39.2. The normalized spacial score (nSPS) is 10.9. The standard InChI is InChI=1S/4C7H16.C5H12/c4*1-6(2)5-7(3)4;1-4-5(2)3/h4*6-7H,5H2,1-4H3;5H,4H2,1-3H3. The van der Waals surface area contributed by atoms with Crippen LogP contribution in [0.1, 0.15) is 164 Å². The fraction of sp³-hybridized carbons (Fsp3) is 1.00. The summed E-state index contributed by atoms with van der Waals surface area (Å²) < 4.78 is 0. The second kappa shape index (κ2) is 30.0. The topological polar surface area (TPSA) is 0 Å². The summed E-state index contributed by atoms with van der Waals surface area (Å²) in [5.41, 5.74) is 0. The van der Waals surface area contributed by atoms with Crippen molar-refractivity contribution in [3.05, 3.63) is 0 Å². The van der Waals surface area contributed by atoms with Crippen molar-refractivity contribution < 1.29 is 0 Å². The van der Waals surface area contributed by atoms with Gasteiger partial charge in [-0.1, -0.05) is 138 Å². The van der Waals surface area contributed by atoms with Crippen LogP contribution in [0.25, 0.3) is 0 Å². The number of hydrogen-bond donors (Lipinski definition) is 0. The summed E-state index contributed by atoms with van der Waals surface area (Å²) in [6, 6.07) is 0. The van der Waals surface area contributed by atoms with Crippen molar-refractivity contribution in [2.45, 2.75) is 164 Å². The molecular formula is C33H76. The van der Waals surface area contributed by atoms with Gasteiger partial charge in [0.15, 0.2) is 0 Å². The van der Waals surface area contributed by atoms with Crippen molar-refractivity contribution in [3.8, 4) is 0 Å². The van der Waals surface area contributed by atoms with E-state index in [9.17, 15) is 0 Å². The molecule has 0 atom stereocenters. The molecule has 208 valence electrons. The summed E-state index contributed by atoms with van der Waals surface area (Å²) in [5, 5.41) is 0. The second-order valence-corrected chi connectivity index (χ2v) is 13.9. The third-order valence-electron chi connectivity index (χ3n) is 4.59. The molecule has 0 amide bonds. The van der Waals surface area contributed by atoms with Crippen LogP contribution in [-0.2, 0) is 0 Å². The Bertz CT molecular complexity index is 222. The van der Waals surface area contributed by atoms with Crippen LogP contribution in [0, 0.1) is 53.3 Å². The average molecular weight is 473 g/mol. The van der Waals surface area contributed by atoms with E-state index in [0.29, 0.717) is 0 Å². The molecule has 0 heterocycles. The van der Waals surface area contributed by atoms with Crippen molar-refractivity contribution in [2.24, 2.45) is 53.3 Å². The lowest BCUT2D eigenvalue weighted by Gasteiger charge is -2.05. The van der Waals surface area contributed by atoms with Crippen LogP contribution in [0.2, 0.25) is 0 Å². The quantitative estimate of drug-likeness (QED) is 0.313. The lowest BCUT2D eigenvalue weighted by Crippen LogP contribution is -1.93. The third-order valence-corrected chi connectivity index (χ3v) is 4.59. The first-order chi connectivity index (χ1) is 14.8. The molecule has 0 aromatic carbocycles. The lowest BCUT2D eigenvalue weighted by molar-refractivity contribution is 0.469. The summed E-state index contributed by atoms with van der Waals surface area (Å²) in [7, 11) is 0. The average Bonchev–Trinajstić information content (AvgIpc) is 2.51. The molecule has 0 aromatic heterocycles. The summed E-state index contributed by atoms with van der Waals surface area (Å²) >= 11 is 0. The fourth-order valence-electron chi connectivity index (χ4n) is 3.77. The van der Waals surface area contributed by atoms with E-state index < -0.39 is 0 Å². The van der Waals surface area contributed by atoms with Crippen LogP contribution in [0.4, 0.5) is 0 Å². The van der Waals surface area contributed by atoms with E-state index in [4.69, 9.17) is 0 Å². The van der Waals surface area contributed by atoms with E-state index in [2.05, 4.69) is 132 Å². The Morgan fingerprint density at radius 3 is 0.333 bits per heavy atom. The summed E-state index contributed by atoms with van der Waals surface area (Å²) in [6.07, 6.45) is 6.75. The maximum absolute atomic E-state index is 2.26. The van der Waals surface area contributed by atoms with Gasteiger partial charge in [-0.15, -0.1) is 0 Å². The van der Waals surface area contributed by atoms with Crippen molar-refractivity contribution in [1.29, 1.82) is 0 Å². The van der Waals surface area contributed by atoms with Crippen molar-refractivity contribution in [1.82, 2.24) is 0 Å². The van der Waals surface area contributed by atoms with Gasteiger partial charge in [0, 0.05) is 0 Å². The molecule has 0 nitrogen and oxygen atoms in total. The first kappa shape index (κ1) is 43.1. The van der Waals surface area contributed by atoms with Crippen LogP contribution >= 0.6 is 0 Å². The van der Waals surface area contributed by atoms with E-state index in [0.717, 1.165) is 53.3 Å². The molecular weight excluding hydrogens is 396 g/mol. The minimum absolute atomic E-state index is 0.875. The third kappa shape index (κ3) is 88.9.